The fourth-order valence-electron chi connectivity index (χ4n) is 4.45. The van der Waals surface area contributed by atoms with E-state index in [4.69, 9.17) is 0 Å². The van der Waals surface area contributed by atoms with Crippen LogP contribution in [0.2, 0.25) is 0 Å². The second-order valence-corrected chi connectivity index (χ2v) is 9.08. The monoisotopic (exact) mass is 534 g/mol. The van der Waals surface area contributed by atoms with Crippen LogP contribution in [0.15, 0.2) is 84.9 Å². The van der Waals surface area contributed by atoms with Crippen LogP contribution in [-0.2, 0) is 9.47 Å². The Morgan fingerprint density at radius 1 is 0.600 bits per heavy atom. The molecule has 10 nitrogen and oxygen atoms in total. The second kappa shape index (κ2) is 9.61. The van der Waals surface area contributed by atoms with Gasteiger partial charge in [0.1, 0.15) is 0 Å². The van der Waals surface area contributed by atoms with Gasteiger partial charge >= 0.3 is 23.9 Å². The Morgan fingerprint density at radius 2 is 1.10 bits per heavy atom. The fourth-order valence-corrected chi connectivity index (χ4v) is 4.45. The quantitative estimate of drug-likeness (QED) is 0.187. The van der Waals surface area contributed by atoms with Crippen molar-refractivity contribution in [1.82, 2.24) is 0 Å². The molecule has 40 heavy (non-hydrogen) atoms. The molecule has 196 valence electrons. The van der Waals surface area contributed by atoms with E-state index in [1.807, 2.05) is 24.3 Å². The summed E-state index contributed by atoms with van der Waals surface area (Å²) in [4.78, 5) is 59.4. The van der Waals surface area contributed by atoms with Gasteiger partial charge in [0.05, 0.1) is 22.3 Å². The minimum absolute atomic E-state index is 0.0620. The lowest BCUT2D eigenvalue weighted by Gasteiger charge is -2.15. The number of hydrogen-bond acceptors (Lipinski definition) is 9. The summed E-state index contributed by atoms with van der Waals surface area (Å²) in [5.74, 6) is -3.39. The maximum absolute atomic E-state index is 12.7. The molecule has 10 heteroatoms. The van der Waals surface area contributed by atoms with Crippen molar-refractivity contribution in [1.29, 1.82) is 0 Å². The van der Waals surface area contributed by atoms with E-state index in [2.05, 4.69) is 20.1 Å². The molecule has 0 spiro atoms. The summed E-state index contributed by atoms with van der Waals surface area (Å²) in [6.07, 6.45) is -1.13. The summed E-state index contributed by atoms with van der Waals surface area (Å²) in [5.41, 5.74) is 4.03. The predicted molar refractivity (Wildman–Crippen MR) is 141 cm³/mol. The number of aliphatic hydroxyl groups excluding tert-OH is 1. The summed E-state index contributed by atoms with van der Waals surface area (Å²) < 4.78 is 9.14. The van der Waals surface area contributed by atoms with Crippen molar-refractivity contribution in [3.8, 4) is 11.1 Å². The maximum atomic E-state index is 12.7. The van der Waals surface area contributed by atoms with Crippen LogP contribution in [0.1, 0.15) is 63.6 Å². The first-order valence-corrected chi connectivity index (χ1v) is 12.0. The number of amides is 1. The van der Waals surface area contributed by atoms with Crippen molar-refractivity contribution >= 4 is 41.2 Å². The molecule has 1 atom stereocenters. The number of rotatable bonds is 6. The molecule has 2 aliphatic heterocycles. The molecule has 1 amide bonds. The average molecular weight is 534 g/mol. The number of fused-ring (bicyclic) bond motifs is 2. The van der Waals surface area contributed by atoms with E-state index in [9.17, 15) is 29.1 Å². The average Bonchev–Trinajstić information content (AvgIpc) is 3.41. The van der Waals surface area contributed by atoms with E-state index in [0.717, 1.165) is 11.1 Å². The Labute approximate surface area is 226 Å². The lowest BCUT2D eigenvalue weighted by Crippen LogP contribution is -2.12. The van der Waals surface area contributed by atoms with Crippen molar-refractivity contribution in [3.05, 3.63) is 118 Å². The Kier molecular flexibility index (Phi) is 5.93. The van der Waals surface area contributed by atoms with E-state index in [1.165, 1.54) is 30.3 Å². The molecule has 0 fully saturated rings. The van der Waals surface area contributed by atoms with E-state index in [-0.39, 0.29) is 27.8 Å². The number of ether oxygens (including phenoxy) is 2. The molecule has 4 aromatic rings. The van der Waals surface area contributed by atoms with Crippen LogP contribution in [0.4, 0.5) is 11.4 Å². The van der Waals surface area contributed by atoms with Crippen molar-refractivity contribution in [2.45, 2.75) is 6.23 Å². The molecule has 1 unspecified atom stereocenters. The molecule has 0 bridgehead atoms. The number of carbonyl (C=O) groups excluding carboxylic acids is 5. The van der Waals surface area contributed by atoms with Gasteiger partial charge in [-0.2, -0.15) is 0 Å². The molecule has 2 heterocycles. The topological polar surface area (TPSA) is 148 Å². The van der Waals surface area contributed by atoms with Crippen LogP contribution in [0.3, 0.4) is 0 Å². The van der Waals surface area contributed by atoms with Gasteiger partial charge in [0.15, 0.2) is 6.23 Å². The number of esters is 4. The Bertz CT molecular complexity index is 1740. The zero-order valence-corrected chi connectivity index (χ0v) is 20.5. The summed E-state index contributed by atoms with van der Waals surface area (Å²) in [5, 5.41) is 16.3. The Balaban J connectivity index is 1.10. The minimum atomic E-state index is -1.13. The highest BCUT2D eigenvalue weighted by Crippen LogP contribution is 2.28. The zero-order chi connectivity index (χ0) is 28.0. The molecular formula is C30H18N2O8. The number of nitrogens with one attached hydrogen (secondary N) is 2. The van der Waals surface area contributed by atoms with Crippen LogP contribution < -0.4 is 10.6 Å². The number of cyclic esters (lactones) is 4. The molecule has 2 aliphatic rings. The van der Waals surface area contributed by atoms with Crippen molar-refractivity contribution in [2.24, 2.45) is 0 Å². The number of carbonyl (C=O) groups is 5. The lowest BCUT2D eigenvalue weighted by atomic mass is 10.0. The van der Waals surface area contributed by atoms with Gasteiger partial charge in [-0.25, -0.2) is 19.2 Å². The van der Waals surface area contributed by atoms with E-state index in [1.54, 1.807) is 30.3 Å². The molecule has 0 aromatic heterocycles. The third-order valence-corrected chi connectivity index (χ3v) is 6.56. The highest BCUT2D eigenvalue weighted by atomic mass is 16.6. The molecule has 0 saturated heterocycles. The molecule has 0 radical (unpaired) electrons. The van der Waals surface area contributed by atoms with Gasteiger partial charge in [0.2, 0.25) is 0 Å². The van der Waals surface area contributed by atoms with Crippen molar-refractivity contribution in [3.63, 3.8) is 0 Å². The first kappa shape index (κ1) is 24.7. The number of hydrogen-bond donors (Lipinski definition) is 3. The molecule has 6 rings (SSSR count). The molecule has 0 saturated carbocycles. The van der Waals surface area contributed by atoms with Crippen LogP contribution in [-0.4, -0.2) is 34.9 Å². The SMILES string of the molecule is O=C(Nc1ccc(-c2ccc(NC(O)c3ccc4c(c3)C(=O)OC4=O)cc2)cc1)c1ccc2c(c1)C(=O)OC2=O. The zero-order valence-electron chi connectivity index (χ0n) is 20.5. The number of benzene rings is 4. The normalized spacial score (nSPS) is 14.2. The molecule has 4 aromatic carbocycles. The highest BCUT2D eigenvalue weighted by Gasteiger charge is 2.31. The maximum Gasteiger partial charge on any atom is 0.346 e. The van der Waals surface area contributed by atoms with Gasteiger partial charge < -0.3 is 25.2 Å². The van der Waals surface area contributed by atoms with Gasteiger partial charge in [-0.15, -0.1) is 0 Å². The van der Waals surface area contributed by atoms with Crippen molar-refractivity contribution in [2.75, 3.05) is 10.6 Å². The smallest absolute Gasteiger partial charge is 0.346 e. The third kappa shape index (κ3) is 4.48. The summed E-state index contributed by atoms with van der Waals surface area (Å²) >= 11 is 0. The summed E-state index contributed by atoms with van der Waals surface area (Å²) in [7, 11) is 0. The van der Waals surface area contributed by atoms with E-state index in [0.29, 0.717) is 16.9 Å². The van der Waals surface area contributed by atoms with Gasteiger partial charge in [-0.3, -0.25) is 4.79 Å². The Morgan fingerprint density at radius 3 is 1.70 bits per heavy atom. The van der Waals surface area contributed by atoms with Gasteiger partial charge in [-0.1, -0.05) is 30.3 Å². The standard InChI is InChI=1S/C30H18N2O8/c33-25(17-5-11-21-23(13-17)29(37)39-27(21)35)31-19-7-1-15(2-8-19)16-3-9-20(10-4-16)32-26(34)18-6-12-22-24(14-18)30(38)40-28(22)36/h1-14,25,31,33H,(H,32,34). The van der Waals surface area contributed by atoms with Gasteiger partial charge in [-0.05, 0) is 65.7 Å². The highest BCUT2D eigenvalue weighted by molar-refractivity contribution is 6.16. The number of anilines is 2. The van der Waals surface area contributed by atoms with Gasteiger partial charge in [0.25, 0.3) is 5.91 Å². The summed E-state index contributed by atoms with van der Waals surface area (Å²) in [6, 6.07) is 23.0. The van der Waals surface area contributed by atoms with Crippen LogP contribution in [0.5, 0.6) is 0 Å². The summed E-state index contributed by atoms with van der Waals surface area (Å²) in [6.45, 7) is 0. The van der Waals surface area contributed by atoms with E-state index < -0.39 is 36.0 Å². The minimum Gasteiger partial charge on any atom is -0.386 e. The third-order valence-electron chi connectivity index (χ3n) is 6.56. The molecule has 3 N–H and O–H groups in total. The Hall–Kier alpha value is -5.61. The first-order valence-electron chi connectivity index (χ1n) is 12.0. The van der Waals surface area contributed by atoms with Gasteiger partial charge in [0, 0.05) is 22.5 Å². The first-order chi connectivity index (χ1) is 19.3. The van der Waals surface area contributed by atoms with Crippen LogP contribution in [0.25, 0.3) is 11.1 Å². The van der Waals surface area contributed by atoms with Crippen LogP contribution >= 0.6 is 0 Å². The molecule has 0 aliphatic carbocycles. The largest absolute Gasteiger partial charge is 0.386 e. The molecular weight excluding hydrogens is 516 g/mol. The second-order valence-electron chi connectivity index (χ2n) is 9.08. The van der Waals surface area contributed by atoms with Crippen LogP contribution in [0, 0.1) is 0 Å². The fraction of sp³-hybridized carbons (Fsp3) is 0.0333. The predicted octanol–water partition coefficient (Wildman–Crippen LogP) is 4.33. The van der Waals surface area contributed by atoms with E-state index >= 15 is 0 Å². The lowest BCUT2D eigenvalue weighted by molar-refractivity contribution is 0.0425. The van der Waals surface area contributed by atoms with Crippen molar-refractivity contribution < 1.29 is 38.6 Å². The number of aliphatic hydroxyl groups is 1.